The lowest BCUT2D eigenvalue weighted by Crippen LogP contribution is -2.04. The van der Waals surface area contributed by atoms with Gasteiger partial charge < -0.3 is 9.84 Å². The number of carboxylic acid groups (broad SMARTS) is 1. The Morgan fingerprint density at radius 2 is 2.06 bits per heavy atom. The van der Waals surface area contributed by atoms with Crippen molar-refractivity contribution in [1.29, 1.82) is 0 Å². The summed E-state index contributed by atoms with van der Waals surface area (Å²) in [6.45, 7) is 3.24. The molecule has 86 valence electrons. The summed E-state index contributed by atoms with van der Waals surface area (Å²) in [4.78, 5) is 10.3. The van der Waals surface area contributed by atoms with Crippen molar-refractivity contribution >= 4 is 16.1 Å². The number of aromatic carboxylic acids is 1. The normalized spacial score (nSPS) is 10.8. The fourth-order valence-electron chi connectivity index (χ4n) is 1.03. The minimum absolute atomic E-state index is 0.0603. The van der Waals surface area contributed by atoms with Crippen LogP contribution in [0.3, 0.4) is 0 Å². The molecule has 1 aromatic rings. The molecule has 1 rings (SSSR count). The third-order valence-electron chi connectivity index (χ3n) is 1.69. The standard InChI is InChI=1S/C9H8O6S/c1-2-15-8-4-3-6(16(12,13)14)5-7(8)9(10)11/h2-5H,1H2,(H,10,11)(H,12,13,14). The third kappa shape index (κ3) is 2.59. The topological polar surface area (TPSA) is 101 Å². The molecule has 0 atom stereocenters. The van der Waals surface area contributed by atoms with Crippen LogP contribution < -0.4 is 4.74 Å². The van der Waals surface area contributed by atoms with E-state index < -0.39 is 21.0 Å². The summed E-state index contributed by atoms with van der Waals surface area (Å²) in [5.74, 6) is -1.43. The van der Waals surface area contributed by atoms with Crippen molar-refractivity contribution in [1.82, 2.24) is 0 Å². The van der Waals surface area contributed by atoms with Crippen LogP contribution in [0.4, 0.5) is 0 Å². The summed E-state index contributed by atoms with van der Waals surface area (Å²) >= 11 is 0. The third-order valence-corrected chi connectivity index (χ3v) is 2.54. The molecular weight excluding hydrogens is 236 g/mol. The molecular formula is C9H8O6S. The quantitative estimate of drug-likeness (QED) is 0.608. The molecule has 7 heteroatoms. The molecule has 0 radical (unpaired) electrons. The second-order valence-electron chi connectivity index (χ2n) is 2.72. The Labute approximate surface area is 91.5 Å². The van der Waals surface area contributed by atoms with E-state index in [9.17, 15) is 13.2 Å². The average molecular weight is 244 g/mol. The van der Waals surface area contributed by atoms with Gasteiger partial charge in [0.2, 0.25) is 0 Å². The van der Waals surface area contributed by atoms with Crippen LogP contribution in [0, 0.1) is 0 Å². The summed E-state index contributed by atoms with van der Waals surface area (Å²) in [5.41, 5.74) is -0.380. The number of carbonyl (C=O) groups is 1. The molecule has 6 nitrogen and oxygen atoms in total. The highest BCUT2D eigenvalue weighted by atomic mass is 32.2. The highest BCUT2D eigenvalue weighted by molar-refractivity contribution is 7.85. The highest BCUT2D eigenvalue weighted by Crippen LogP contribution is 2.22. The Balaban J connectivity index is 3.39. The molecule has 0 aliphatic carbocycles. The first kappa shape index (κ1) is 12.2. The number of hydrogen-bond acceptors (Lipinski definition) is 4. The van der Waals surface area contributed by atoms with E-state index in [1.807, 2.05) is 0 Å². The van der Waals surface area contributed by atoms with E-state index in [0.717, 1.165) is 24.5 Å². The Morgan fingerprint density at radius 3 is 2.50 bits per heavy atom. The van der Waals surface area contributed by atoms with Crippen LogP contribution in [0.15, 0.2) is 35.9 Å². The van der Waals surface area contributed by atoms with Gasteiger partial charge in [-0.3, -0.25) is 4.55 Å². The van der Waals surface area contributed by atoms with Gasteiger partial charge in [0.05, 0.1) is 11.2 Å². The van der Waals surface area contributed by atoms with Crippen molar-refractivity contribution in [3.05, 3.63) is 36.6 Å². The zero-order chi connectivity index (χ0) is 12.3. The molecule has 0 bridgehead atoms. The summed E-state index contributed by atoms with van der Waals surface area (Å²) in [7, 11) is -4.44. The van der Waals surface area contributed by atoms with Crippen LogP contribution in [0.5, 0.6) is 5.75 Å². The van der Waals surface area contributed by atoms with Crippen LogP contribution in [0.2, 0.25) is 0 Å². The minimum Gasteiger partial charge on any atom is -0.478 e. The average Bonchev–Trinajstić information content (AvgIpc) is 2.16. The van der Waals surface area contributed by atoms with Crippen molar-refractivity contribution in [3.8, 4) is 5.75 Å². The number of ether oxygens (including phenoxy) is 1. The number of hydrogen-bond donors (Lipinski definition) is 2. The van der Waals surface area contributed by atoms with Crippen molar-refractivity contribution < 1.29 is 27.6 Å². The first-order valence-corrected chi connectivity index (χ1v) is 5.42. The maximum Gasteiger partial charge on any atom is 0.339 e. The maximum absolute atomic E-state index is 10.8. The summed E-state index contributed by atoms with van der Waals surface area (Å²) < 4.78 is 35.1. The van der Waals surface area contributed by atoms with Gasteiger partial charge in [0.25, 0.3) is 10.1 Å². The number of rotatable bonds is 4. The van der Waals surface area contributed by atoms with Gasteiger partial charge in [-0.15, -0.1) is 0 Å². The fourth-order valence-corrected chi connectivity index (χ4v) is 1.54. The lowest BCUT2D eigenvalue weighted by atomic mass is 10.2. The molecule has 0 saturated heterocycles. The van der Waals surface area contributed by atoms with Gasteiger partial charge in [-0.1, -0.05) is 6.58 Å². The largest absolute Gasteiger partial charge is 0.478 e. The lowest BCUT2D eigenvalue weighted by Gasteiger charge is -2.05. The van der Waals surface area contributed by atoms with Crippen LogP contribution in [-0.4, -0.2) is 24.0 Å². The van der Waals surface area contributed by atoms with Gasteiger partial charge in [-0.25, -0.2) is 4.79 Å². The van der Waals surface area contributed by atoms with Crippen molar-refractivity contribution in [2.75, 3.05) is 0 Å². The van der Waals surface area contributed by atoms with E-state index in [1.54, 1.807) is 0 Å². The second-order valence-corrected chi connectivity index (χ2v) is 4.14. The second kappa shape index (κ2) is 4.33. The SMILES string of the molecule is C=COc1ccc(S(=O)(=O)O)cc1C(=O)O. The number of carboxylic acids is 1. The maximum atomic E-state index is 10.8. The van der Waals surface area contributed by atoms with Crippen molar-refractivity contribution in [3.63, 3.8) is 0 Å². The zero-order valence-electron chi connectivity index (χ0n) is 7.95. The van der Waals surface area contributed by atoms with E-state index in [2.05, 4.69) is 6.58 Å². The summed E-state index contributed by atoms with van der Waals surface area (Å²) in [5, 5.41) is 8.79. The van der Waals surface area contributed by atoms with E-state index in [-0.39, 0.29) is 11.3 Å². The minimum atomic E-state index is -4.44. The van der Waals surface area contributed by atoms with Gasteiger partial charge in [0.15, 0.2) is 0 Å². The van der Waals surface area contributed by atoms with Gasteiger partial charge >= 0.3 is 5.97 Å². The molecule has 0 amide bonds. The zero-order valence-corrected chi connectivity index (χ0v) is 8.77. The van der Waals surface area contributed by atoms with Gasteiger partial charge in [0, 0.05) is 0 Å². The molecule has 0 spiro atoms. The van der Waals surface area contributed by atoms with E-state index in [0.29, 0.717) is 0 Å². The molecule has 0 unspecified atom stereocenters. The molecule has 0 saturated carbocycles. The Hall–Kier alpha value is -1.86. The monoisotopic (exact) mass is 244 g/mol. The van der Waals surface area contributed by atoms with Crippen molar-refractivity contribution in [2.45, 2.75) is 4.90 Å². The van der Waals surface area contributed by atoms with Crippen molar-refractivity contribution in [2.24, 2.45) is 0 Å². The predicted octanol–water partition coefficient (Wildman–Crippen LogP) is 1.15. The Morgan fingerprint density at radius 1 is 1.44 bits per heavy atom. The van der Waals surface area contributed by atoms with Crippen LogP contribution in [0.1, 0.15) is 10.4 Å². The Bertz CT molecular complexity index is 531. The van der Waals surface area contributed by atoms with Crippen LogP contribution in [-0.2, 0) is 10.1 Å². The highest BCUT2D eigenvalue weighted by Gasteiger charge is 2.17. The van der Waals surface area contributed by atoms with Crippen LogP contribution >= 0.6 is 0 Å². The predicted molar refractivity (Wildman–Crippen MR) is 54.0 cm³/mol. The molecule has 16 heavy (non-hydrogen) atoms. The summed E-state index contributed by atoms with van der Waals surface area (Å²) in [6.07, 6.45) is 1.01. The lowest BCUT2D eigenvalue weighted by molar-refractivity contribution is 0.0694. The molecule has 0 fully saturated rings. The Kier molecular flexibility index (Phi) is 3.31. The van der Waals surface area contributed by atoms with E-state index in [1.165, 1.54) is 0 Å². The summed E-state index contributed by atoms with van der Waals surface area (Å²) in [6, 6.07) is 2.95. The molecule has 0 aromatic heterocycles. The molecule has 2 N–H and O–H groups in total. The van der Waals surface area contributed by atoms with Crippen LogP contribution in [0.25, 0.3) is 0 Å². The smallest absolute Gasteiger partial charge is 0.339 e. The molecule has 0 aliphatic rings. The molecule has 0 aliphatic heterocycles. The first-order valence-electron chi connectivity index (χ1n) is 3.98. The van der Waals surface area contributed by atoms with Gasteiger partial charge in [0.1, 0.15) is 11.3 Å². The van der Waals surface area contributed by atoms with Gasteiger partial charge in [-0.05, 0) is 18.2 Å². The molecule has 1 aromatic carbocycles. The fraction of sp³-hybridized carbons (Fsp3) is 0. The van der Waals surface area contributed by atoms with E-state index >= 15 is 0 Å². The number of benzene rings is 1. The molecule has 0 heterocycles. The first-order chi connectivity index (χ1) is 7.36. The van der Waals surface area contributed by atoms with E-state index in [4.69, 9.17) is 14.4 Å². The van der Waals surface area contributed by atoms with Gasteiger partial charge in [-0.2, -0.15) is 8.42 Å².